The van der Waals surface area contributed by atoms with Gasteiger partial charge in [0, 0.05) is 43.3 Å². The molecule has 1 aliphatic rings. The Morgan fingerprint density at radius 3 is 2.96 bits per heavy atom. The summed E-state index contributed by atoms with van der Waals surface area (Å²) >= 11 is 0. The lowest BCUT2D eigenvalue weighted by atomic mass is 10.1. The van der Waals surface area contributed by atoms with Crippen molar-refractivity contribution < 1.29 is 9.53 Å². The minimum absolute atomic E-state index is 0.0117. The van der Waals surface area contributed by atoms with Crippen molar-refractivity contribution in [3.05, 3.63) is 36.0 Å². The predicted octanol–water partition coefficient (Wildman–Crippen LogP) is 2.11. The molecule has 1 unspecified atom stereocenters. The fraction of sp³-hybridized carbons (Fsp3) is 0.500. The van der Waals surface area contributed by atoms with Crippen molar-refractivity contribution in [3.63, 3.8) is 0 Å². The van der Waals surface area contributed by atoms with Gasteiger partial charge >= 0.3 is 0 Å². The molecule has 5 heteroatoms. The molecule has 1 aromatic carbocycles. The first-order valence-corrected chi connectivity index (χ1v) is 8.26. The van der Waals surface area contributed by atoms with Gasteiger partial charge in [-0.2, -0.15) is 0 Å². The third-order valence-corrected chi connectivity index (χ3v) is 4.74. The third kappa shape index (κ3) is 3.41. The second-order valence-corrected chi connectivity index (χ2v) is 6.23. The quantitative estimate of drug-likeness (QED) is 0.888. The zero-order valence-electron chi connectivity index (χ0n) is 13.9. The zero-order chi connectivity index (χ0) is 16.2. The van der Waals surface area contributed by atoms with Gasteiger partial charge in [-0.25, -0.2) is 0 Å². The van der Waals surface area contributed by atoms with E-state index >= 15 is 0 Å². The Labute approximate surface area is 137 Å². The van der Waals surface area contributed by atoms with Crippen LogP contribution >= 0.6 is 0 Å². The van der Waals surface area contributed by atoms with E-state index in [1.54, 1.807) is 7.11 Å². The Hall–Kier alpha value is -1.85. The van der Waals surface area contributed by atoms with E-state index < -0.39 is 0 Å². The predicted molar refractivity (Wildman–Crippen MR) is 91.8 cm³/mol. The highest BCUT2D eigenvalue weighted by Gasteiger charge is 2.22. The van der Waals surface area contributed by atoms with E-state index in [0.717, 1.165) is 36.0 Å². The monoisotopic (exact) mass is 315 g/mol. The van der Waals surface area contributed by atoms with E-state index in [9.17, 15) is 4.79 Å². The third-order valence-electron chi connectivity index (χ3n) is 4.74. The van der Waals surface area contributed by atoms with Crippen LogP contribution in [0.4, 0.5) is 0 Å². The molecular formula is C18H25N3O2. The Morgan fingerprint density at radius 1 is 1.39 bits per heavy atom. The fourth-order valence-electron chi connectivity index (χ4n) is 3.35. The van der Waals surface area contributed by atoms with E-state index in [4.69, 9.17) is 4.74 Å². The molecule has 1 aromatic heterocycles. The number of methoxy groups -OCH3 is 1. The molecule has 2 aromatic rings. The van der Waals surface area contributed by atoms with Crippen LogP contribution in [0.5, 0.6) is 0 Å². The number of amides is 1. The first-order valence-electron chi connectivity index (χ1n) is 8.26. The fourth-order valence-corrected chi connectivity index (χ4v) is 3.35. The molecule has 2 heterocycles. The maximum Gasteiger partial charge on any atom is 0.253 e. The smallest absolute Gasteiger partial charge is 0.253 e. The standard InChI is InChI=1S/C18H25N3O2/c1-20-9-5-6-14(20)12-19-18(22)16-13-21(10-11-23-2)17-8-4-3-7-15(16)17/h3-4,7-8,13-14H,5-6,9-12H2,1-2H3,(H,19,22). The molecule has 23 heavy (non-hydrogen) atoms. The van der Waals surface area contributed by atoms with Crippen molar-refractivity contribution in [2.75, 3.05) is 33.9 Å². The van der Waals surface area contributed by atoms with Crippen LogP contribution in [0.15, 0.2) is 30.5 Å². The molecule has 1 fully saturated rings. The highest BCUT2D eigenvalue weighted by Crippen LogP contribution is 2.21. The van der Waals surface area contributed by atoms with Crippen molar-refractivity contribution in [2.24, 2.45) is 0 Å². The van der Waals surface area contributed by atoms with Gasteiger partial charge in [0.1, 0.15) is 0 Å². The van der Waals surface area contributed by atoms with E-state index in [-0.39, 0.29) is 5.91 Å². The van der Waals surface area contributed by atoms with Gasteiger partial charge in [-0.3, -0.25) is 4.79 Å². The van der Waals surface area contributed by atoms with E-state index in [2.05, 4.69) is 21.8 Å². The van der Waals surface area contributed by atoms with Gasteiger partial charge in [-0.15, -0.1) is 0 Å². The highest BCUT2D eigenvalue weighted by atomic mass is 16.5. The van der Waals surface area contributed by atoms with Crippen LogP contribution in [0.25, 0.3) is 10.9 Å². The van der Waals surface area contributed by atoms with Gasteiger partial charge < -0.3 is 19.5 Å². The van der Waals surface area contributed by atoms with Gasteiger partial charge in [-0.1, -0.05) is 18.2 Å². The number of para-hydroxylation sites is 1. The summed E-state index contributed by atoms with van der Waals surface area (Å²) in [5, 5.41) is 4.11. The number of nitrogens with one attached hydrogen (secondary N) is 1. The van der Waals surface area contributed by atoms with E-state index in [0.29, 0.717) is 19.2 Å². The number of likely N-dealkylation sites (tertiary alicyclic amines) is 1. The summed E-state index contributed by atoms with van der Waals surface area (Å²) in [5.74, 6) is 0.0117. The van der Waals surface area contributed by atoms with Crippen LogP contribution in [0.2, 0.25) is 0 Å². The normalized spacial score (nSPS) is 18.6. The molecule has 124 valence electrons. The molecule has 1 amide bonds. The summed E-state index contributed by atoms with van der Waals surface area (Å²) < 4.78 is 7.26. The molecule has 0 aliphatic carbocycles. The Bertz CT molecular complexity index is 680. The number of hydrogen-bond donors (Lipinski definition) is 1. The zero-order valence-corrected chi connectivity index (χ0v) is 13.9. The van der Waals surface area contributed by atoms with Crippen LogP contribution in [0.3, 0.4) is 0 Å². The van der Waals surface area contributed by atoms with Crippen LogP contribution in [0.1, 0.15) is 23.2 Å². The van der Waals surface area contributed by atoms with Crippen molar-refractivity contribution in [2.45, 2.75) is 25.4 Å². The Morgan fingerprint density at radius 2 is 2.22 bits per heavy atom. The highest BCUT2D eigenvalue weighted by molar-refractivity contribution is 6.07. The van der Waals surface area contributed by atoms with Gasteiger partial charge in [-0.05, 0) is 32.5 Å². The maximum atomic E-state index is 12.6. The molecule has 3 rings (SSSR count). The Balaban J connectivity index is 1.77. The summed E-state index contributed by atoms with van der Waals surface area (Å²) in [4.78, 5) is 15.0. The van der Waals surface area contributed by atoms with E-state index in [1.165, 1.54) is 6.42 Å². The molecule has 0 radical (unpaired) electrons. The molecule has 0 bridgehead atoms. The van der Waals surface area contributed by atoms with Gasteiger partial charge in [0.25, 0.3) is 5.91 Å². The molecule has 0 saturated carbocycles. The summed E-state index contributed by atoms with van der Waals surface area (Å²) in [5.41, 5.74) is 1.82. The molecule has 5 nitrogen and oxygen atoms in total. The van der Waals surface area contributed by atoms with Gasteiger partial charge in [0.05, 0.1) is 12.2 Å². The number of aromatic nitrogens is 1. The van der Waals surface area contributed by atoms with Crippen molar-refractivity contribution >= 4 is 16.8 Å². The average Bonchev–Trinajstić information content (AvgIpc) is 3.14. The minimum atomic E-state index is 0.0117. The van der Waals surface area contributed by atoms with Crippen molar-refractivity contribution in [1.29, 1.82) is 0 Å². The minimum Gasteiger partial charge on any atom is -0.383 e. The van der Waals surface area contributed by atoms with Crippen LogP contribution in [-0.2, 0) is 11.3 Å². The van der Waals surface area contributed by atoms with Crippen molar-refractivity contribution in [1.82, 2.24) is 14.8 Å². The summed E-state index contributed by atoms with van der Waals surface area (Å²) in [6, 6.07) is 8.49. The molecule has 1 atom stereocenters. The number of ether oxygens (including phenoxy) is 1. The van der Waals surface area contributed by atoms with Crippen molar-refractivity contribution in [3.8, 4) is 0 Å². The number of hydrogen-bond acceptors (Lipinski definition) is 3. The summed E-state index contributed by atoms with van der Waals surface area (Å²) in [6.07, 6.45) is 4.32. The number of carbonyl (C=O) groups is 1. The molecular weight excluding hydrogens is 290 g/mol. The molecule has 1 N–H and O–H groups in total. The lowest BCUT2D eigenvalue weighted by molar-refractivity contribution is 0.0945. The molecule has 1 aliphatic heterocycles. The second-order valence-electron chi connectivity index (χ2n) is 6.23. The average molecular weight is 315 g/mol. The molecule has 1 saturated heterocycles. The lowest BCUT2D eigenvalue weighted by Gasteiger charge is -2.19. The molecule has 0 spiro atoms. The lowest BCUT2D eigenvalue weighted by Crippen LogP contribution is -2.38. The van der Waals surface area contributed by atoms with Crippen LogP contribution in [0, 0.1) is 0 Å². The van der Waals surface area contributed by atoms with E-state index in [1.807, 2.05) is 30.5 Å². The first kappa shape index (κ1) is 16.0. The summed E-state index contributed by atoms with van der Waals surface area (Å²) in [7, 11) is 3.82. The number of fused-ring (bicyclic) bond motifs is 1. The maximum absolute atomic E-state index is 12.6. The van der Waals surface area contributed by atoms with Gasteiger partial charge in [0.15, 0.2) is 0 Å². The Kier molecular flexibility index (Phi) is 4.98. The SMILES string of the molecule is COCCn1cc(C(=O)NCC2CCCN2C)c2ccccc21. The van der Waals surface area contributed by atoms with Crippen LogP contribution in [-0.4, -0.2) is 55.3 Å². The number of rotatable bonds is 6. The largest absolute Gasteiger partial charge is 0.383 e. The first-order chi connectivity index (χ1) is 11.2. The number of likely N-dealkylation sites (N-methyl/N-ethyl adjacent to an activating group) is 1. The number of carbonyl (C=O) groups excluding carboxylic acids is 1. The van der Waals surface area contributed by atoms with Crippen LogP contribution < -0.4 is 5.32 Å². The summed E-state index contributed by atoms with van der Waals surface area (Å²) in [6.45, 7) is 3.21. The van der Waals surface area contributed by atoms with Gasteiger partial charge in [0.2, 0.25) is 0 Å². The topological polar surface area (TPSA) is 46.5 Å². The second kappa shape index (κ2) is 7.15. The number of nitrogens with zero attached hydrogens (tertiary/aromatic N) is 2. The number of benzene rings is 1.